The maximum absolute atomic E-state index is 12.7. The molecule has 0 aliphatic carbocycles. The summed E-state index contributed by atoms with van der Waals surface area (Å²) in [5, 5.41) is 0. The van der Waals surface area contributed by atoms with Crippen molar-refractivity contribution >= 4 is 28.0 Å². The molecule has 0 radical (unpaired) electrons. The first-order valence-electron chi connectivity index (χ1n) is 7.35. The van der Waals surface area contributed by atoms with Gasteiger partial charge in [-0.15, -0.1) is 0 Å². The molecule has 2 aromatic rings. The first-order valence-corrected chi connectivity index (χ1v) is 8.79. The zero-order valence-corrected chi connectivity index (χ0v) is 14.2. The van der Waals surface area contributed by atoms with Gasteiger partial charge in [-0.1, -0.05) is 24.3 Å². The Morgan fingerprint density at radius 2 is 1.88 bits per heavy atom. The molecular weight excluding hydrogens is 326 g/mol. The van der Waals surface area contributed by atoms with E-state index in [-0.39, 0.29) is 17.3 Å². The van der Waals surface area contributed by atoms with Gasteiger partial charge in [0.25, 0.3) is 15.9 Å². The van der Waals surface area contributed by atoms with Gasteiger partial charge in [0.2, 0.25) is 0 Å². The smallest absolute Gasteiger partial charge is 0.267 e. The van der Waals surface area contributed by atoms with Crippen molar-refractivity contribution in [2.75, 3.05) is 14.1 Å². The van der Waals surface area contributed by atoms with E-state index >= 15 is 0 Å². The summed E-state index contributed by atoms with van der Waals surface area (Å²) in [6, 6.07) is 13.6. The van der Waals surface area contributed by atoms with Crippen LogP contribution in [0.4, 0.5) is 5.69 Å². The zero-order valence-electron chi connectivity index (χ0n) is 13.4. The van der Waals surface area contributed by atoms with Crippen LogP contribution >= 0.6 is 0 Å². The SMILES string of the molecule is CN(C)C(=O)c1cccc(CN2C=Nc3ccccc3S2(=O)=O)c1. The first kappa shape index (κ1) is 16.2. The quantitative estimate of drug-likeness (QED) is 0.858. The van der Waals surface area contributed by atoms with E-state index in [4.69, 9.17) is 0 Å². The maximum Gasteiger partial charge on any atom is 0.267 e. The van der Waals surface area contributed by atoms with E-state index in [0.717, 1.165) is 5.56 Å². The number of carbonyl (C=O) groups is 1. The summed E-state index contributed by atoms with van der Waals surface area (Å²) < 4.78 is 26.6. The third-order valence-electron chi connectivity index (χ3n) is 3.70. The Morgan fingerprint density at radius 1 is 1.12 bits per heavy atom. The fourth-order valence-corrected chi connectivity index (χ4v) is 3.84. The molecule has 0 aromatic heterocycles. The van der Waals surface area contributed by atoms with Crippen molar-refractivity contribution in [2.24, 2.45) is 4.99 Å². The van der Waals surface area contributed by atoms with Crippen LogP contribution in [0.5, 0.6) is 0 Å². The van der Waals surface area contributed by atoms with Gasteiger partial charge in [0.15, 0.2) is 0 Å². The molecule has 0 unspecified atom stereocenters. The predicted molar refractivity (Wildman–Crippen MR) is 91.8 cm³/mol. The summed E-state index contributed by atoms with van der Waals surface area (Å²) in [5.41, 5.74) is 1.67. The second-order valence-electron chi connectivity index (χ2n) is 5.66. The van der Waals surface area contributed by atoms with E-state index in [1.54, 1.807) is 62.6 Å². The lowest BCUT2D eigenvalue weighted by Crippen LogP contribution is -2.31. The first-order chi connectivity index (χ1) is 11.4. The summed E-state index contributed by atoms with van der Waals surface area (Å²) in [5.74, 6) is -0.127. The highest BCUT2D eigenvalue weighted by atomic mass is 32.2. The van der Waals surface area contributed by atoms with E-state index < -0.39 is 10.0 Å². The summed E-state index contributed by atoms with van der Waals surface area (Å²) in [6.07, 6.45) is 1.32. The van der Waals surface area contributed by atoms with Crippen LogP contribution in [-0.2, 0) is 16.6 Å². The third kappa shape index (κ3) is 2.90. The lowest BCUT2D eigenvalue weighted by molar-refractivity contribution is 0.0827. The Bertz CT molecular complexity index is 920. The Kier molecular flexibility index (Phi) is 4.11. The molecule has 0 atom stereocenters. The molecule has 0 saturated heterocycles. The lowest BCUT2D eigenvalue weighted by atomic mass is 10.1. The molecule has 0 fully saturated rings. The van der Waals surface area contributed by atoms with Gasteiger partial charge in [-0.3, -0.25) is 9.10 Å². The van der Waals surface area contributed by atoms with Gasteiger partial charge in [-0.05, 0) is 29.8 Å². The minimum atomic E-state index is -3.64. The van der Waals surface area contributed by atoms with Crippen LogP contribution in [0, 0.1) is 0 Å². The number of para-hydroxylation sites is 1. The van der Waals surface area contributed by atoms with Crippen molar-refractivity contribution in [3.63, 3.8) is 0 Å². The van der Waals surface area contributed by atoms with E-state index in [0.29, 0.717) is 11.3 Å². The Labute approximate surface area is 141 Å². The number of aliphatic imine (C=N–C) groups is 1. The van der Waals surface area contributed by atoms with Gasteiger partial charge in [-0.2, -0.15) is 0 Å². The van der Waals surface area contributed by atoms with E-state index in [1.165, 1.54) is 15.5 Å². The summed E-state index contributed by atoms with van der Waals surface area (Å²) in [7, 11) is -0.293. The van der Waals surface area contributed by atoms with Crippen LogP contribution in [0.15, 0.2) is 58.4 Å². The Morgan fingerprint density at radius 3 is 2.62 bits per heavy atom. The molecule has 7 heteroatoms. The number of hydrogen-bond acceptors (Lipinski definition) is 4. The van der Waals surface area contributed by atoms with Crippen LogP contribution in [0.25, 0.3) is 0 Å². The molecule has 1 aliphatic heterocycles. The second kappa shape index (κ2) is 6.09. The molecule has 0 saturated carbocycles. The fraction of sp³-hybridized carbons (Fsp3) is 0.176. The number of amides is 1. The number of hydrogen-bond donors (Lipinski definition) is 0. The number of fused-ring (bicyclic) bond motifs is 1. The number of rotatable bonds is 3. The number of sulfonamides is 1. The van der Waals surface area contributed by atoms with Crippen molar-refractivity contribution in [1.29, 1.82) is 0 Å². The minimum absolute atomic E-state index is 0.120. The number of benzene rings is 2. The molecule has 0 N–H and O–H groups in total. The molecule has 2 aromatic carbocycles. The summed E-state index contributed by atoms with van der Waals surface area (Å²) in [6.45, 7) is 0.120. The third-order valence-corrected chi connectivity index (χ3v) is 5.44. The normalized spacial score (nSPS) is 15.0. The van der Waals surface area contributed by atoms with E-state index in [2.05, 4.69) is 4.99 Å². The predicted octanol–water partition coefficient (Wildman–Crippen LogP) is 2.25. The molecule has 1 heterocycles. The van der Waals surface area contributed by atoms with Crippen LogP contribution in [-0.4, -0.2) is 44.0 Å². The fourth-order valence-electron chi connectivity index (χ4n) is 2.46. The topological polar surface area (TPSA) is 70.1 Å². The maximum atomic E-state index is 12.7. The van der Waals surface area contributed by atoms with Gasteiger partial charge >= 0.3 is 0 Å². The van der Waals surface area contributed by atoms with Crippen molar-refractivity contribution < 1.29 is 13.2 Å². The van der Waals surface area contributed by atoms with Gasteiger partial charge < -0.3 is 4.90 Å². The highest BCUT2D eigenvalue weighted by molar-refractivity contribution is 7.89. The molecule has 124 valence electrons. The molecule has 3 rings (SSSR count). The molecule has 1 amide bonds. The monoisotopic (exact) mass is 343 g/mol. The molecule has 24 heavy (non-hydrogen) atoms. The van der Waals surface area contributed by atoms with Gasteiger partial charge in [-0.25, -0.2) is 13.4 Å². The van der Waals surface area contributed by atoms with Crippen molar-refractivity contribution in [3.05, 3.63) is 59.7 Å². The van der Waals surface area contributed by atoms with Crippen LogP contribution < -0.4 is 0 Å². The van der Waals surface area contributed by atoms with Crippen molar-refractivity contribution in [3.8, 4) is 0 Å². The van der Waals surface area contributed by atoms with E-state index in [9.17, 15) is 13.2 Å². The van der Waals surface area contributed by atoms with Gasteiger partial charge in [0.1, 0.15) is 11.2 Å². The van der Waals surface area contributed by atoms with Gasteiger partial charge in [0, 0.05) is 19.7 Å². The van der Waals surface area contributed by atoms with Crippen molar-refractivity contribution in [1.82, 2.24) is 9.21 Å². The molecule has 0 spiro atoms. The average Bonchev–Trinajstić information content (AvgIpc) is 2.57. The number of nitrogens with zero attached hydrogens (tertiary/aromatic N) is 3. The highest BCUT2D eigenvalue weighted by Gasteiger charge is 2.28. The van der Waals surface area contributed by atoms with E-state index in [1.807, 2.05) is 0 Å². The molecule has 0 bridgehead atoms. The number of carbonyl (C=O) groups excluding carboxylic acids is 1. The van der Waals surface area contributed by atoms with Gasteiger partial charge in [0.05, 0.1) is 12.2 Å². The largest absolute Gasteiger partial charge is 0.345 e. The molecule has 6 nitrogen and oxygen atoms in total. The molecule has 1 aliphatic rings. The molecular formula is C17H17N3O3S. The standard InChI is InChI=1S/C17H17N3O3S/c1-19(2)17(21)14-7-5-6-13(10-14)11-20-12-18-15-8-3-4-9-16(15)24(20,22)23/h3-10,12H,11H2,1-2H3. The summed E-state index contributed by atoms with van der Waals surface area (Å²) in [4.78, 5) is 17.9. The lowest BCUT2D eigenvalue weighted by Gasteiger charge is -2.24. The zero-order chi connectivity index (χ0) is 17.3. The van der Waals surface area contributed by atoms with Crippen LogP contribution in [0.3, 0.4) is 0 Å². The Hall–Kier alpha value is -2.67. The second-order valence-corrected chi connectivity index (χ2v) is 7.52. The average molecular weight is 343 g/mol. The Balaban J connectivity index is 1.91. The van der Waals surface area contributed by atoms with Crippen LogP contribution in [0.2, 0.25) is 0 Å². The van der Waals surface area contributed by atoms with Crippen LogP contribution in [0.1, 0.15) is 15.9 Å². The summed E-state index contributed by atoms with van der Waals surface area (Å²) >= 11 is 0. The minimum Gasteiger partial charge on any atom is -0.345 e. The highest BCUT2D eigenvalue weighted by Crippen LogP contribution is 2.30. The van der Waals surface area contributed by atoms with Crippen molar-refractivity contribution in [2.45, 2.75) is 11.4 Å².